The van der Waals surface area contributed by atoms with Gasteiger partial charge >= 0.3 is 12.1 Å². The van der Waals surface area contributed by atoms with Crippen LogP contribution in [0.25, 0.3) is 0 Å². The van der Waals surface area contributed by atoms with Crippen LogP contribution in [0.15, 0.2) is 82.6 Å². The number of ether oxygens (including phenoxy) is 2. The lowest BCUT2D eigenvalue weighted by Crippen LogP contribution is -2.40. The minimum absolute atomic E-state index is 0.00347. The number of phenols is 1. The van der Waals surface area contributed by atoms with Gasteiger partial charge in [-0.25, -0.2) is 18.0 Å². The summed E-state index contributed by atoms with van der Waals surface area (Å²) in [7, 11) is -2.85. The van der Waals surface area contributed by atoms with E-state index in [2.05, 4.69) is 4.74 Å². The highest BCUT2D eigenvalue weighted by Gasteiger charge is 2.25. The van der Waals surface area contributed by atoms with Gasteiger partial charge in [0.1, 0.15) is 16.9 Å². The molecule has 208 valence electrons. The minimum Gasteiger partial charge on any atom is -0.507 e. The maximum absolute atomic E-state index is 13.1. The predicted molar refractivity (Wildman–Crippen MR) is 144 cm³/mol. The van der Waals surface area contributed by atoms with Crippen LogP contribution < -0.4 is 0 Å². The molecule has 0 bridgehead atoms. The molecule has 0 fully saturated rings. The van der Waals surface area contributed by atoms with Gasteiger partial charge in [-0.15, -0.1) is 0 Å². The third-order valence-electron chi connectivity index (χ3n) is 5.82. The summed E-state index contributed by atoms with van der Waals surface area (Å²) in [6, 6.07) is 18.6. The third kappa shape index (κ3) is 7.81. The summed E-state index contributed by atoms with van der Waals surface area (Å²) in [6.45, 7) is 5.54. The molecular formula is C29H33NO8S. The average Bonchev–Trinajstić information content (AvgIpc) is 2.90. The second-order valence-electron chi connectivity index (χ2n) is 9.92. The Hall–Kier alpha value is -3.89. The van der Waals surface area contributed by atoms with E-state index in [1.165, 1.54) is 23.1 Å². The van der Waals surface area contributed by atoms with Gasteiger partial charge in [0.15, 0.2) is 0 Å². The van der Waals surface area contributed by atoms with Crippen molar-refractivity contribution in [2.45, 2.75) is 48.7 Å². The molecule has 9 nitrogen and oxygen atoms in total. The van der Waals surface area contributed by atoms with Crippen molar-refractivity contribution in [3.8, 4) is 5.75 Å². The lowest BCUT2D eigenvalue weighted by atomic mass is 10.1. The number of amides is 1. The van der Waals surface area contributed by atoms with E-state index in [4.69, 9.17) is 4.74 Å². The first-order chi connectivity index (χ1) is 18.3. The number of carbonyl (C=O) groups is 2. The Morgan fingerprint density at radius 3 is 2.15 bits per heavy atom. The lowest BCUT2D eigenvalue weighted by Gasteiger charge is -2.29. The number of hydrogen-bond donors (Lipinski definition) is 2. The van der Waals surface area contributed by atoms with E-state index in [0.29, 0.717) is 12.0 Å². The summed E-state index contributed by atoms with van der Waals surface area (Å²) in [5, 5.41) is 20.6. The molecule has 3 rings (SSSR count). The fourth-order valence-corrected chi connectivity index (χ4v) is 5.05. The second kappa shape index (κ2) is 12.3. The number of esters is 1. The molecule has 0 aliphatic rings. The van der Waals surface area contributed by atoms with E-state index >= 15 is 0 Å². The van der Waals surface area contributed by atoms with Gasteiger partial charge in [-0.2, -0.15) is 0 Å². The number of carbonyl (C=O) groups excluding carboxylic acids is 2. The molecule has 10 heteroatoms. The molecule has 0 saturated heterocycles. The molecule has 0 aliphatic carbocycles. The Balaban J connectivity index is 1.76. The molecule has 3 aromatic rings. The number of benzene rings is 3. The zero-order chi connectivity index (χ0) is 28.8. The van der Waals surface area contributed by atoms with Crippen molar-refractivity contribution in [1.29, 1.82) is 0 Å². The van der Waals surface area contributed by atoms with Gasteiger partial charge in [0.25, 0.3) is 0 Å². The SMILES string of the molecule is COC(=O)c1cc(S(=O)(=O)c2ccc(CCN(C[C@@H](O)c3ccccc3)C(=O)OC(C)(C)C)cc2)ccc1O. The van der Waals surface area contributed by atoms with E-state index in [1.54, 1.807) is 57.2 Å². The molecule has 0 spiro atoms. The van der Waals surface area contributed by atoms with E-state index in [1.807, 2.05) is 6.07 Å². The Kier molecular flexibility index (Phi) is 9.36. The van der Waals surface area contributed by atoms with Gasteiger partial charge in [-0.1, -0.05) is 42.5 Å². The van der Waals surface area contributed by atoms with Crippen molar-refractivity contribution in [1.82, 2.24) is 4.90 Å². The molecule has 0 heterocycles. The van der Waals surface area contributed by atoms with Gasteiger partial charge in [-0.05, 0) is 68.7 Å². The normalized spacial score (nSPS) is 12.4. The van der Waals surface area contributed by atoms with Crippen molar-refractivity contribution in [2.75, 3.05) is 20.2 Å². The smallest absolute Gasteiger partial charge is 0.410 e. The van der Waals surface area contributed by atoms with Gasteiger partial charge in [-0.3, -0.25) is 0 Å². The lowest BCUT2D eigenvalue weighted by molar-refractivity contribution is 0.0147. The number of nitrogens with zero attached hydrogens (tertiary/aromatic N) is 1. The predicted octanol–water partition coefficient (Wildman–Crippen LogP) is 4.52. The number of methoxy groups -OCH3 is 1. The second-order valence-corrected chi connectivity index (χ2v) is 11.9. The van der Waals surface area contributed by atoms with Gasteiger partial charge < -0.3 is 24.6 Å². The van der Waals surface area contributed by atoms with Gasteiger partial charge in [0.05, 0.1) is 29.5 Å². The number of phenolic OH excluding ortho intramolecular Hbond substituents is 1. The largest absolute Gasteiger partial charge is 0.507 e. The first-order valence-corrected chi connectivity index (χ1v) is 13.8. The molecule has 2 N–H and O–H groups in total. The van der Waals surface area contributed by atoms with Crippen molar-refractivity contribution in [2.24, 2.45) is 0 Å². The quantitative estimate of drug-likeness (QED) is 0.369. The molecule has 1 amide bonds. The van der Waals surface area contributed by atoms with E-state index in [0.717, 1.165) is 24.8 Å². The first kappa shape index (κ1) is 29.7. The average molecular weight is 556 g/mol. The summed E-state index contributed by atoms with van der Waals surface area (Å²) in [5.41, 5.74) is 0.461. The summed E-state index contributed by atoms with van der Waals surface area (Å²) >= 11 is 0. The first-order valence-electron chi connectivity index (χ1n) is 12.3. The highest BCUT2D eigenvalue weighted by Crippen LogP contribution is 2.27. The summed E-state index contributed by atoms with van der Waals surface area (Å²) < 4.78 is 36.4. The molecule has 1 atom stereocenters. The maximum Gasteiger partial charge on any atom is 0.410 e. The van der Waals surface area contributed by atoms with Crippen LogP contribution >= 0.6 is 0 Å². The molecule has 3 aromatic carbocycles. The van der Waals surface area contributed by atoms with Crippen LogP contribution in [0.2, 0.25) is 0 Å². The fourth-order valence-electron chi connectivity index (χ4n) is 3.76. The van der Waals surface area contributed by atoms with Crippen LogP contribution in [0, 0.1) is 0 Å². The van der Waals surface area contributed by atoms with Crippen LogP contribution in [0.4, 0.5) is 4.79 Å². The fraction of sp³-hybridized carbons (Fsp3) is 0.310. The number of rotatable bonds is 9. The number of aromatic hydroxyl groups is 1. The molecule has 0 aliphatic heterocycles. The van der Waals surface area contributed by atoms with Crippen LogP contribution in [0.5, 0.6) is 5.75 Å². The Bertz CT molecular complexity index is 1400. The Labute approximate surface area is 228 Å². The van der Waals surface area contributed by atoms with Crippen molar-refractivity contribution >= 4 is 21.9 Å². The minimum atomic E-state index is -3.98. The highest BCUT2D eigenvalue weighted by atomic mass is 32.2. The summed E-state index contributed by atoms with van der Waals surface area (Å²) in [4.78, 5) is 26.0. The Morgan fingerprint density at radius 2 is 1.56 bits per heavy atom. The van der Waals surface area contributed by atoms with Crippen LogP contribution in [-0.2, 0) is 25.7 Å². The number of sulfone groups is 1. The molecule has 0 saturated carbocycles. The van der Waals surface area contributed by atoms with Crippen molar-refractivity contribution < 1.29 is 37.7 Å². The molecule has 0 unspecified atom stereocenters. The summed E-state index contributed by atoms with van der Waals surface area (Å²) in [5.74, 6) is -1.24. The molecule has 0 aromatic heterocycles. The number of hydrogen-bond acceptors (Lipinski definition) is 8. The van der Waals surface area contributed by atoms with Crippen molar-refractivity contribution in [3.63, 3.8) is 0 Å². The van der Waals surface area contributed by atoms with Gasteiger partial charge in [0, 0.05) is 6.54 Å². The monoisotopic (exact) mass is 555 g/mol. The van der Waals surface area contributed by atoms with Gasteiger partial charge in [0.2, 0.25) is 9.84 Å². The highest BCUT2D eigenvalue weighted by molar-refractivity contribution is 7.91. The molecular weight excluding hydrogens is 522 g/mol. The number of aliphatic hydroxyl groups is 1. The molecule has 0 radical (unpaired) electrons. The van der Waals surface area contributed by atoms with Crippen LogP contribution in [0.1, 0.15) is 48.4 Å². The van der Waals surface area contributed by atoms with Crippen molar-refractivity contribution in [3.05, 3.63) is 89.5 Å². The zero-order valence-electron chi connectivity index (χ0n) is 22.3. The third-order valence-corrected chi connectivity index (χ3v) is 7.58. The van der Waals surface area contributed by atoms with E-state index in [9.17, 15) is 28.2 Å². The molecule has 39 heavy (non-hydrogen) atoms. The number of aliphatic hydroxyl groups excluding tert-OH is 1. The zero-order valence-corrected chi connectivity index (χ0v) is 23.1. The van der Waals surface area contributed by atoms with E-state index < -0.39 is 33.6 Å². The summed E-state index contributed by atoms with van der Waals surface area (Å²) in [6.07, 6.45) is -1.09. The van der Waals surface area contributed by atoms with Crippen LogP contribution in [-0.4, -0.2) is 61.4 Å². The topological polar surface area (TPSA) is 130 Å². The Morgan fingerprint density at radius 1 is 0.949 bits per heavy atom. The van der Waals surface area contributed by atoms with Crippen LogP contribution in [0.3, 0.4) is 0 Å². The standard InChI is InChI=1S/C29H33NO8S/c1-29(2,3)38-28(34)30(19-26(32)21-8-6-5-7-9-21)17-16-20-10-12-22(13-11-20)39(35,36)23-14-15-25(31)24(18-23)27(33)37-4/h5-15,18,26,31-32H,16-17,19H2,1-4H3/t26-/m1/s1. The van der Waals surface area contributed by atoms with E-state index in [-0.39, 0.29) is 34.2 Å². The maximum atomic E-state index is 13.1.